The Morgan fingerprint density at radius 2 is 1.60 bits per heavy atom. The number of halogens is 1. The van der Waals surface area contributed by atoms with E-state index in [1.807, 2.05) is 19.1 Å². The molecule has 45 heavy (non-hydrogen) atoms. The number of anilines is 2. The van der Waals surface area contributed by atoms with Crippen LogP contribution in [0, 0.1) is 0 Å². The van der Waals surface area contributed by atoms with E-state index in [0.29, 0.717) is 27.6 Å². The lowest BCUT2D eigenvalue weighted by Gasteiger charge is -2.14. The van der Waals surface area contributed by atoms with Crippen molar-refractivity contribution in [3.05, 3.63) is 100 Å². The Labute approximate surface area is 265 Å². The molecule has 232 valence electrons. The summed E-state index contributed by atoms with van der Waals surface area (Å²) in [6.07, 6.45) is -0.0185. The van der Waals surface area contributed by atoms with Gasteiger partial charge in [-0.3, -0.25) is 14.3 Å². The second kappa shape index (κ2) is 13.0. The second-order valence-electron chi connectivity index (χ2n) is 10.1. The fourth-order valence-electron chi connectivity index (χ4n) is 5.08. The molecule has 1 aliphatic rings. The lowest BCUT2D eigenvalue weighted by molar-refractivity contribution is -0.115. The summed E-state index contributed by atoms with van der Waals surface area (Å²) >= 11 is 6.03. The van der Waals surface area contributed by atoms with Gasteiger partial charge in [-0.15, -0.1) is 0 Å². The van der Waals surface area contributed by atoms with Gasteiger partial charge in [0.2, 0.25) is 11.8 Å². The highest BCUT2D eigenvalue weighted by Crippen LogP contribution is 2.46. The first-order valence-electron chi connectivity index (χ1n) is 13.6. The van der Waals surface area contributed by atoms with Crippen LogP contribution in [-0.4, -0.2) is 51.4 Å². The van der Waals surface area contributed by atoms with E-state index >= 15 is 0 Å². The van der Waals surface area contributed by atoms with Gasteiger partial charge in [-0.05, 0) is 84.3 Å². The Bertz CT molecular complexity index is 1890. The average molecular weight is 649 g/mol. The highest BCUT2D eigenvalue weighted by Gasteiger charge is 2.35. The van der Waals surface area contributed by atoms with Crippen molar-refractivity contribution in [3.63, 3.8) is 0 Å². The van der Waals surface area contributed by atoms with Crippen LogP contribution in [0.15, 0.2) is 83.3 Å². The zero-order valence-corrected chi connectivity index (χ0v) is 26.3. The summed E-state index contributed by atoms with van der Waals surface area (Å²) < 4.78 is 43.8. The first-order valence-corrected chi connectivity index (χ1v) is 15.5. The predicted molar refractivity (Wildman–Crippen MR) is 170 cm³/mol. The highest BCUT2D eigenvalue weighted by atomic mass is 35.5. The first kappa shape index (κ1) is 31.5. The van der Waals surface area contributed by atoms with Crippen molar-refractivity contribution in [1.29, 1.82) is 0 Å². The molecule has 0 aliphatic heterocycles. The molecular formula is C32H29ClN4O7S. The van der Waals surface area contributed by atoms with Crippen molar-refractivity contribution in [2.24, 2.45) is 0 Å². The molecule has 1 heterocycles. The monoisotopic (exact) mass is 648 g/mol. The molecule has 0 radical (unpaired) electrons. The van der Waals surface area contributed by atoms with Gasteiger partial charge >= 0.3 is 6.01 Å². The van der Waals surface area contributed by atoms with Crippen molar-refractivity contribution in [2.75, 3.05) is 31.4 Å². The summed E-state index contributed by atoms with van der Waals surface area (Å²) in [5.74, 6) is -0.333. The van der Waals surface area contributed by atoms with E-state index in [-0.39, 0.29) is 40.7 Å². The third-order valence-electron chi connectivity index (χ3n) is 7.30. The van der Waals surface area contributed by atoms with Gasteiger partial charge in [-0.25, -0.2) is 8.42 Å². The number of ketones is 1. The van der Waals surface area contributed by atoms with Gasteiger partial charge in [-0.2, -0.15) is 9.97 Å². The van der Waals surface area contributed by atoms with E-state index in [0.717, 1.165) is 16.7 Å². The molecule has 1 aliphatic carbocycles. The number of ether oxygens (including phenoxy) is 3. The minimum atomic E-state index is -4.04. The van der Waals surface area contributed by atoms with Gasteiger partial charge in [0.15, 0.2) is 11.6 Å². The zero-order valence-electron chi connectivity index (χ0n) is 24.8. The first-order chi connectivity index (χ1) is 21.5. The van der Waals surface area contributed by atoms with Crippen molar-refractivity contribution in [2.45, 2.75) is 24.2 Å². The number of rotatable bonds is 11. The van der Waals surface area contributed by atoms with E-state index in [1.54, 1.807) is 37.4 Å². The van der Waals surface area contributed by atoms with Gasteiger partial charge in [0.25, 0.3) is 10.0 Å². The number of carbonyl (C=O) groups is 2. The highest BCUT2D eigenvalue weighted by molar-refractivity contribution is 7.92. The second-order valence-corrected chi connectivity index (χ2v) is 12.2. The van der Waals surface area contributed by atoms with Crippen LogP contribution in [0.2, 0.25) is 5.02 Å². The summed E-state index contributed by atoms with van der Waals surface area (Å²) in [4.78, 5) is 34.7. The minimum absolute atomic E-state index is 0.0185. The number of nitrogens with zero attached hydrogens (tertiary/aromatic N) is 2. The third-order valence-corrected chi connectivity index (χ3v) is 8.92. The number of amides is 1. The molecule has 0 bridgehead atoms. The molecule has 1 atom stereocenters. The summed E-state index contributed by atoms with van der Waals surface area (Å²) in [5, 5.41) is 3.35. The number of carbonyl (C=O) groups excluding carboxylic acids is 2. The minimum Gasteiger partial charge on any atom is -0.497 e. The fraction of sp³-hybridized carbons (Fsp3) is 0.188. The molecule has 1 amide bonds. The van der Waals surface area contributed by atoms with Gasteiger partial charge in [0, 0.05) is 22.3 Å². The van der Waals surface area contributed by atoms with Crippen molar-refractivity contribution >= 4 is 50.4 Å². The fourth-order valence-corrected chi connectivity index (χ4v) is 6.20. The number of sulfonamides is 1. The molecule has 1 unspecified atom stereocenters. The number of allylic oxidation sites excluding steroid dienone is 1. The number of hydrogen-bond donors (Lipinski definition) is 2. The van der Waals surface area contributed by atoms with Gasteiger partial charge in [0.05, 0.1) is 38.6 Å². The van der Waals surface area contributed by atoms with Crippen LogP contribution in [0.4, 0.5) is 11.5 Å². The van der Waals surface area contributed by atoms with Crippen LogP contribution in [0.25, 0.3) is 5.57 Å². The lowest BCUT2D eigenvalue weighted by Crippen LogP contribution is -2.15. The quantitative estimate of drug-likeness (QED) is 0.194. The standard InChI is InChI=1S/C32H29ClN4O7S/c1-18-25(26-15-22(42-2)11-14-24(26)30(18)31(39)19-5-7-20(33)8-6-19)16-28(38)34-21-9-12-23(13-10-21)45(40,41)37-27-17-29(43-3)36-32(35-27)44-4/h5-15,17,30H,16H2,1-4H3,(H,34,38)(H,35,36,37). The van der Waals surface area contributed by atoms with Gasteiger partial charge in [0.1, 0.15) is 5.75 Å². The van der Waals surface area contributed by atoms with Crippen LogP contribution in [0.1, 0.15) is 40.7 Å². The van der Waals surface area contributed by atoms with Crippen LogP contribution >= 0.6 is 11.6 Å². The topological polar surface area (TPSA) is 146 Å². The molecule has 0 fully saturated rings. The summed E-state index contributed by atoms with van der Waals surface area (Å²) in [6, 6.07) is 19.1. The number of methoxy groups -OCH3 is 3. The largest absolute Gasteiger partial charge is 0.497 e. The summed E-state index contributed by atoms with van der Waals surface area (Å²) in [5.41, 5.74) is 3.93. The lowest BCUT2D eigenvalue weighted by atomic mass is 9.88. The van der Waals surface area contributed by atoms with E-state index in [4.69, 9.17) is 25.8 Å². The number of Topliss-reactive ketones (excluding diaryl/α,β-unsaturated/α-hetero) is 1. The van der Waals surface area contributed by atoms with Crippen molar-refractivity contribution in [1.82, 2.24) is 9.97 Å². The third kappa shape index (κ3) is 6.76. The molecule has 1 aromatic heterocycles. The summed E-state index contributed by atoms with van der Waals surface area (Å²) in [6.45, 7) is 1.85. The van der Waals surface area contributed by atoms with E-state index in [2.05, 4.69) is 20.0 Å². The number of aromatic nitrogens is 2. The molecule has 4 aromatic rings. The van der Waals surface area contributed by atoms with Crippen molar-refractivity contribution < 1.29 is 32.2 Å². The maximum atomic E-state index is 13.6. The predicted octanol–water partition coefficient (Wildman–Crippen LogP) is 5.74. The number of benzene rings is 3. The molecule has 5 rings (SSSR count). The van der Waals surface area contributed by atoms with E-state index in [9.17, 15) is 18.0 Å². The maximum Gasteiger partial charge on any atom is 0.321 e. The smallest absolute Gasteiger partial charge is 0.321 e. The molecule has 0 saturated carbocycles. The number of nitrogens with one attached hydrogen (secondary N) is 2. The molecule has 13 heteroatoms. The molecule has 0 saturated heterocycles. The van der Waals surface area contributed by atoms with Gasteiger partial charge < -0.3 is 19.5 Å². The average Bonchev–Trinajstić information content (AvgIpc) is 3.30. The van der Waals surface area contributed by atoms with Crippen LogP contribution in [0.3, 0.4) is 0 Å². The van der Waals surface area contributed by atoms with Gasteiger partial charge in [-0.1, -0.05) is 23.2 Å². The number of fused-ring (bicyclic) bond motifs is 1. The Balaban J connectivity index is 1.34. The van der Waals surface area contributed by atoms with Crippen LogP contribution in [-0.2, 0) is 14.8 Å². The Morgan fingerprint density at radius 3 is 2.24 bits per heavy atom. The van der Waals surface area contributed by atoms with E-state index in [1.165, 1.54) is 44.6 Å². The zero-order chi connectivity index (χ0) is 32.3. The summed E-state index contributed by atoms with van der Waals surface area (Å²) in [7, 11) is 0.244. The van der Waals surface area contributed by atoms with Crippen molar-refractivity contribution in [3.8, 4) is 17.6 Å². The molecule has 3 aromatic carbocycles. The Morgan fingerprint density at radius 1 is 0.889 bits per heavy atom. The Hall–Kier alpha value is -4.94. The molecule has 11 nitrogen and oxygen atoms in total. The van der Waals surface area contributed by atoms with E-state index < -0.39 is 15.9 Å². The Kier molecular flexibility index (Phi) is 9.07. The molecule has 0 spiro atoms. The molecular weight excluding hydrogens is 620 g/mol. The van der Waals surface area contributed by atoms with Crippen LogP contribution in [0.5, 0.6) is 17.6 Å². The van der Waals surface area contributed by atoms with Crippen LogP contribution < -0.4 is 24.2 Å². The molecule has 2 N–H and O–H groups in total. The normalized spacial score (nSPS) is 14.0. The maximum absolute atomic E-state index is 13.6. The number of hydrogen-bond acceptors (Lipinski definition) is 9. The SMILES string of the molecule is COc1ccc2c(c1)C(CC(=O)Nc1ccc(S(=O)(=O)Nc3cc(OC)nc(OC)n3)cc1)=C(C)C2C(=O)c1ccc(Cl)cc1.